The van der Waals surface area contributed by atoms with Crippen molar-refractivity contribution in [2.75, 3.05) is 17.2 Å². The van der Waals surface area contributed by atoms with Gasteiger partial charge in [-0.3, -0.25) is 4.79 Å². The molecule has 0 spiro atoms. The maximum Gasteiger partial charge on any atom is 0.227 e. The fourth-order valence-corrected chi connectivity index (χ4v) is 2.78. The number of nitrogens with zero attached hydrogens (tertiary/aromatic N) is 2. The first-order chi connectivity index (χ1) is 13.5. The van der Waals surface area contributed by atoms with Crippen molar-refractivity contribution in [1.82, 2.24) is 9.97 Å². The molecule has 144 valence electrons. The number of hydrogen-bond acceptors (Lipinski definition) is 5. The van der Waals surface area contributed by atoms with Gasteiger partial charge in [0.15, 0.2) is 0 Å². The number of anilines is 3. The summed E-state index contributed by atoms with van der Waals surface area (Å²) in [6.45, 7) is 4.10. The molecule has 3 aromatic rings. The third-order valence-corrected chi connectivity index (χ3v) is 4.14. The van der Waals surface area contributed by atoms with Gasteiger partial charge in [-0.1, -0.05) is 23.7 Å². The summed E-state index contributed by atoms with van der Waals surface area (Å²) in [5, 5.41) is 6.52. The van der Waals surface area contributed by atoms with Crippen LogP contribution in [0.5, 0.6) is 5.75 Å². The van der Waals surface area contributed by atoms with Crippen LogP contribution >= 0.6 is 11.6 Å². The average molecular weight is 397 g/mol. The molecular weight excluding hydrogens is 376 g/mol. The largest absolute Gasteiger partial charge is 0.491 e. The molecule has 0 unspecified atom stereocenters. The van der Waals surface area contributed by atoms with Gasteiger partial charge in [-0.2, -0.15) is 0 Å². The standard InChI is InChI=1S/C21H21ClN4O2/c1-14-13-15(2)24-21(23-14)26-17-9-7-16(8-10-17)25-20(27)11-12-28-19-6-4-3-5-18(19)22/h3-10,13H,11-12H2,1-2H3,(H,25,27)(H,23,24,26). The van der Waals surface area contributed by atoms with Crippen LogP contribution < -0.4 is 15.4 Å². The van der Waals surface area contributed by atoms with Gasteiger partial charge < -0.3 is 15.4 Å². The van der Waals surface area contributed by atoms with Crippen molar-refractivity contribution < 1.29 is 9.53 Å². The molecule has 0 saturated heterocycles. The normalized spacial score (nSPS) is 10.4. The zero-order valence-electron chi connectivity index (χ0n) is 15.7. The van der Waals surface area contributed by atoms with Crippen molar-refractivity contribution in [1.29, 1.82) is 0 Å². The van der Waals surface area contributed by atoms with Crippen molar-refractivity contribution in [3.05, 3.63) is 71.0 Å². The van der Waals surface area contributed by atoms with E-state index in [9.17, 15) is 4.79 Å². The van der Waals surface area contributed by atoms with Crippen LogP contribution in [0.15, 0.2) is 54.6 Å². The third kappa shape index (κ3) is 5.69. The van der Waals surface area contributed by atoms with E-state index in [4.69, 9.17) is 16.3 Å². The number of amides is 1. The summed E-state index contributed by atoms with van der Waals surface area (Å²) in [7, 11) is 0. The summed E-state index contributed by atoms with van der Waals surface area (Å²) in [6, 6.07) is 16.4. The topological polar surface area (TPSA) is 76.1 Å². The van der Waals surface area contributed by atoms with Gasteiger partial charge in [-0.25, -0.2) is 9.97 Å². The molecule has 7 heteroatoms. The Labute approximate surface area is 168 Å². The number of nitrogens with one attached hydrogen (secondary N) is 2. The zero-order chi connectivity index (χ0) is 19.9. The second-order valence-corrected chi connectivity index (χ2v) is 6.66. The molecule has 0 fully saturated rings. The van der Waals surface area contributed by atoms with E-state index in [1.165, 1.54) is 0 Å². The first kappa shape index (κ1) is 19.6. The molecule has 0 aliphatic rings. The molecule has 3 rings (SSSR count). The van der Waals surface area contributed by atoms with E-state index in [1.807, 2.05) is 56.3 Å². The van der Waals surface area contributed by atoms with Crippen molar-refractivity contribution in [2.24, 2.45) is 0 Å². The lowest BCUT2D eigenvalue weighted by Gasteiger charge is -2.10. The van der Waals surface area contributed by atoms with E-state index in [0.29, 0.717) is 22.4 Å². The van der Waals surface area contributed by atoms with E-state index < -0.39 is 0 Å². The van der Waals surface area contributed by atoms with Crippen molar-refractivity contribution in [3.63, 3.8) is 0 Å². The minimum atomic E-state index is -0.134. The molecular formula is C21H21ClN4O2. The number of aromatic nitrogens is 2. The summed E-state index contributed by atoms with van der Waals surface area (Å²) >= 11 is 6.02. The number of halogens is 1. The quantitative estimate of drug-likeness (QED) is 0.594. The van der Waals surface area contributed by atoms with Crippen LogP contribution in [0, 0.1) is 13.8 Å². The van der Waals surface area contributed by atoms with Gasteiger partial charge in [0, 0.05) is 22.8 Å². The van der Waals surface area contributed by atoms with Crippen LogP contribution in [0.25, 0.3) is 0 Å². The lowest BCUT2D eigenvalue weighted by atomic mass is 10.2. The molecule has 2 N–H and O–H groups in total. The molecule has 6 nitrogen and oxygen atoms in total. The molecule has 1 heterocycles. The predicted molar refractivity (Wildman–Crippen MR) is 111 cm³/mol. The highest BCUT2D eigenvalue weighted by Crippen LogP contribution is 2.23. The fraction of sp³-hybridized carbons (Fsp3) is 0.190. The summed E-state index contributed by atoms with van der Waals surface area (Å²) in [5.74, 6) is 0.984. The third-order valence-electron chi connectivity index (χ3n) is 3.83. The number of carbonyl (C=O) groups excluding carboxylic acids is 1. The van der Waals surface area contributed by atoms with Gasteiger partial charge >= 0.3 is 0 Å². The van der Waals surface area contributed by atoms with Crippen LogP contribution in [-0.2, 0) is 4.79 Å². The number of para-hydroxylation sites is 1. The number of benzene rings is 2. The van der Waals surface area contributed by atoms with E-state index in [-0.39, 0.29) is 18.9 Å². The van der Waals surface area contributed by atoms with E-state index in [2.05, 4.69) is 20.6 Å². The molecule has 0 saturated carbocycles. The zero-order valence-corrected chi connectivity index (χ0v) is 16.5. The predicted octanol–water partition coefficient (Wildman–Crippen LogP) is 4.90. The highest BCUT2D eigenvalue weighted by molar-refractivity contribution is 6.32. The molecule has 1 aromatic heterocycles. The number of rotatable bonds is 7. The number of hydrogen-bond donors (Lipinski definition) is 2. The minimum absolute atomic E-state index is 0.134. The summed E-state index contributed by atoms with van der Waals surface area (Å²) < 4.78 is 5.53. The fourth-order valence-electron chi connectivity index (χ4n) is 2.59. The maximum absolute atomic E-state index is 12.1. The van der Waals surface area contributed by atoms with Gasteiger partial charge in [0.05, 0.1) is 18.1 Å². The highest BCUT2D eigenvalue weighted by atomic mass is 35.5. The first-order valence-electron chi connectivity index (χ1n) is 8.86. The second-order valence-electron chi connectivity index (χ2n) is 6.25. The molecule has 2 aromatic carbocycles. The Kier molecular flexibility index (Phi) is 6.45. The lowest BCUT2D eigenvalue weighted by molar-refractivity contribution is -0.116. The van der Waals surface area contributed by atoms with Crippen LogP contribution in [0.2, 0.25) is 5.02 Å². The number of aryl methyl sites for hydroxylation is 2. The lowest BCUT2D eigenvalue weighted by Crippen LogP contribution is -2.15. The molecule has 28 heavy (non-hydrogen) atoms. The Balaban J connectivity index is 1.49. The number of ether oxygens (including phenoxy) is 1. The Hall–Kier alpha value is -3.12. The van der Waals surface area contributed by atoms with Crippen molar-refractivity contribution >= 4 is 34.8 Å². The Morgan fingerprint density at radius 3 is 2.32 bits per heavy atom. The SMILES string of the molecule is Cc1cc(C)nc(Nc2ccc(NC(=O)CCOc3ccccc3Cl)cc2)n1. The van der Waals surface area contributed by atoms with Crippen molar-refractivity contribution in [2.45, 2.75) is 20.3 Å². The van der Waals surface area contributed by atoms with Gasteiger partial charge in [-0.15, -0.1) is 0 Å². The van der Waals surface area contributed by atoms with Crippen LogP contribution in [0.1, 0.15) is 17.8 Å². The van der Waals surface area contributed by atoms with Gasteiger partial charge in [0.1, 0.15) is 5.75 Å². The molecule has 0 aliphatic heterocycles. The highest BCUT2D eigenvalue weighted by Gasteiger charge is 2.06. The monoisotopic (exact) mass is 396 g/mol. The van der Waals surface area contributed by atoms with E-state index in [0.717, 1.165) is 17.1 Å². The summed E-state index contributed by atoms with van der Waals surface area (Å²) in [5.41, 5.74) is 3.34. The molecule has 0 bridgehead atoms. The molecule has 0 atom stereocenters. The molecule has 0 aliphatic carbocycles. The van der Waals surface area contributed by atoms with Crippen LogP contribution in [0.4, 0.5) is 17.3 Å². The minimum Gasteiger partial charge on any atom is -0.491 e. The van der Waals surface area contributed by atoms with Gasteiger partial charge in [0.25, 0.3) is 0 Å². The Morgan fingerprint density at radius 2 is 1.64 bits per heavy atom. The number of carbonyl (C=O) groups is 1. The van der Waals surface area contributed by atoms with Crippen LogP contribution in [0.3, 0.4) is 0 Å². The summed E-state index contributed by atoms with van der Waals surface area (Å²) in [6.07, 6.45) is 0.224. The van der Waals surface area contributed by atoms with E-state index in [1.54, 1.807) is 12.1 Å². The first-order valence-corrected chi connectivity index (χ1v) is 9.24. The smallest absolute Gasteiger partial charge is 0.227 e. The Bertz CT molecular complexity index is 941. The second kappa shape index (κ2) is 9.19. The maximum atomic E-state index is 12.1. The van der Waals surface area contributed by atoms with Gasteiger partial charge in [-0.05, 0) is 56.3 Å². The Morgan fingerprint density at radius 1 is 1.00 bits per heavy atom. The average Bonchev–Trinajstić information content (AvgIpc) is 2.64. The molecule has 0 radical (unpaired) electrons. The van der Waals surface area contributed by atoms with Crippen molar-refractivity contribution in [3.8, 4) is 5.75 Å². The van der Waals surface area contributed by atoms with Crippen LogP contribution in [-0.4, -0.2) is 22.5 Å². The summed E-state index contributed by atoms with van der Waals surface area (Å²) in [4.78, 5) is 20.8. The molecule has 1 amide bonds. The van der Waals surface area contributed by atoms with Gasteiger partial charge in [0.2, 0.25) is 11.9 Å². The van der Waals surface area contributed by atoms with E-state index >= 15 is 0 Å².